The topological polar surface area (TPSA) is 99.9 Å². The molecular weight excluding hydrogens is 515 g/mol. The van der Waals surface area contributed by atoms with E-state index >= 15 is 0 Å². The number of benzene rings is 2. The Morgan fingerprint density at radius 1 is 1.05 bits per heavy atom. The van der Waals surface area contributed by atoms with Crippen molar-refractivity contribution < 1.29 is 19.6 Å². The number of rotatable bonds is 12. The van der Waals surface area contributed by atoms with E-state index < -0.39 is 13.1 Å². The van der Waals surface area contributed by atoms with E-state index in [-0.39, 0.29) is 30.8 Å². The summed E-state index contributed by atoms with van der Waals surface area (Å²) in [4.78, 5) is 15.4. The lowest BCUT2D eigenvalue weighted by atomic mass is 9.71. The summed E-state index contributed by atoms with van der Waals surface area (Å²) in [5.41, 5.74) is 3.38. The maximum atomic E-state index is 13.0. The predicted octanol–water partition coefficient (Wildman–Crippen LogP) is 4.05. The van der Waals surface area contributed by atoms with Gasteiger partial charge in [-0.3, -0.25) is 14.4 Å². The zero-order chi connectivity index (χ0) is 26.9. The van der Waals surface area contributed by atoms with Crippen LogP contribution in [0.4, 0.5) is 0 Å². The molecule has 3 aromatic rings. The van der Waals surface area contributed by atoms with Gasteiger partial charge in [-0.1, -0.05) is 69.2 Å². The van der Waals surface area contributed by atoms with Crippen LogP contribution in [0.5, 0.6) is 5.75 Å². The van der Waals surface area contributed by atoms with Gasteiger partial charge in [-0.15, -0.1) is 12.4 Å². The van der Waals surface area contributed by atoms with Gasteiger partial charge in [0.05, 0.1) is 17.3 Å². The Labute approximate surface area is 237 Å². The van der Waals surface area contributed by atoms with Crippen molar-refractivity contribution in [3.8, 4) is 28.3 Å². The zero-order valence-corrected chi connectivity index (χ0v) is 23.6. The van der Waals surface area contributed by atoms with E-state index in [2.05, 4.69) is 10.2 Å². The van der Waals surface area contributed by atoms with Crippen molar-refractivity contribution >= 4 is 25.4 Å². The number of hydrogen-bond donors (Lipinski definition) is 3. The number of piperidine rings is 1. The summed E-state index contributed by atoms with van der Waals surface area (Å²) in [5, 5.41) is 27.1. The molecule has 1 amide bonds. The Hall–Kier alpha value is -2.85. The smallest absolute Gasteiger partial charge is 0.475 e. The summed E-state index contributed by atoms with van der Waals surface area (Å²) in [6.07, 6.45) is 4.55. The molecule has 210 valence electrons. The number of carbonyl (C=O) groups is 1. The molecule has 0 spiro atoms. The van der Waals surface area contributed by atoms with Gasteiger partial charge in [-0.25, -0.2) is 0 Å². The lowest BCUT2D eigenvalue weighted by Crippen LogP contribution is -2.51. The van der Waals surface area contributed by atoms with Crippen molar-refractivity contribution in [2.24, 2.45) is 5.92 Å². The molecule has 1 saturated heterocycles. The lowest BCUT2D eigenvalue weighted by molar-refractivity contribution is -0.122. The van der Waals surface area contributed by atoms with Crippen LogP contribution in [0.1, 0.15) is 39.5 Å². The van der Waals surface area contributed by atoms with Gasteiger partial charge in [0, 0.05) is 12.1 Å². The molecule has 0 unspecified atom stereocenters. The molecule has 0 bridgehead atoms. The van der Waals surface area contributed by atoms with Gasteiger partial charge in [0.15, 0.2) is 0 Å². The van der Waals surface area contributed by atoms with E-state index in [1.165, 1.54) is 19.3 Å². The van der Waals surface area contributed by atoms with Crippen molar-refractivity contribution in [3.63, 3.8) is 0 Å². The van der Waals surface area contributed by atoms with Crippen LogP contribution < -0.4 is 10.1 Å². The fraction of sp³-hybridized carbons (Fsp3) is 0.448. The standard InChI is InChI=1S/C29H39BN4O4.ClH/c1-3-22(2)29(30(36)37)31-28(35)21-34-27(23-11-6-4-7-12-23)20-26(32-34)24-13-10-14-25(19-24)38-18-17-33-15-8-5-9-16-33;/h4,6-7,10-14,19-20,22,29,36-37H,3,5,8-9,15-18,21H2,1-2H3,(H,31,35);1H/t22-,29+;/m1./s1. The molecule has 0 radical (unpaired) electrons. The second-order valence-electron chi connectivity index (χ2n) is 10.1. The van der Waals surface area contributed by atoms with Gasteiger partial charge < -0.3 is 20.1 Å². The van der Waals surface area contributed by atoms with Crippen LogP contribution in [-0.4, -0.2) is 69.9 Å². The Morgan fingerprint density at radius 3 is 2.46 bits per heavy atom. The number of carbonyl (C=O) groups excluding carboxylic acids is 1. The van der Waals surface area contributed by atoms with Crippen molar-refractivity contribution in [1.82, 2.24) is 20.0 Å². The third-order valence-corrected chi connectivity index (χ3v) is 7.30. The fourth-order valence-corrected chi connectivity index (χ4v) is 4.87. The minimum atomic E-state index is -1.63. The Bertz CT molecular complexity index is 1170. The van der Waals surface area contributed by atoms with E-state index in [9.17, 15) is 14.8 Å². The predicted molar refractivity (Wildman–Crippen MR) is 158 cm³/mol. The molecule has 3 N–H and O–H groups in total. The number of nitrogens with zero attached hydrogens (tertiary/aromatic N) is 3. The van der Waals surface area contributed by atoms with Crippen molar-refractivity contribution in [2.75, 3.05) is 26.2 Å². The van der Waals surface area contributed by atoms with Crippen LogP contribution in [0.15, 0.2) is 60.7 Å². The summed E-state index contributed by atoms with van der Waals surface area (Å²) < 4.78 is 7.74. The minimum absolute atomic E-state index is 0. The second-order valence-corrected chi connectivity index (χ2v) is 10.1. The van der Waals surface area contributed by atoms with Crippen LogP contribution in [-0.2, 0) is 11.3 Å². The quantitative estimate of drug-likeness (QED) is 0.292. The maximum absolute atomic E-state index is 13.0. The van der Waals surface area contributed by atoms with Gasteiger partial charge >= 0.3 is 7.12 Å². The third-order valence-electron chi connectivity index (χ3n) is 7.30. The molecule has 1 aliphatic heterocycles. The summed E-state index contributed by atoms with van der Waals surface area (Å²) >= 11 is 0. The molecule has 10 heteroatoms. The molecular formula is C29H40BClN4O4. The molecule has 8 nitrogen and oxygen atoms in total. The normalized spacial score (nSPS) is 15.2. The van der Waals surface area contributed by atoms with E-state index in [0.29, 0.717) is 13.0 Å². The highest BCUT2D eigenvalue weighted by Gasteiger charge is 2.30. The second kappa shape index (κ2) is 15.1. The summed E-state index contributed by atoms with van der Waals surface area (Å²) in [6, 6.07) is 19.7. The molecule has 4 rings (SSSR count). The molecule has 1 aliphatic rings. The van der Waals surface area contributed by atoms with Crippen LogP contribution in [0.2, 0.25) is 0 Å². The minimum Gasteiger partial charge on any atom is -0.492 e. The first kappa shape index (κ1) is 30.7. The number of halogens is 1. The highest BCUT2D eigenvalue weighted by Crippen LogP contribution is 2.28. The van der Waals surface area contributed by atoms with Gasteiger partial charge in [-0.05, 0) is 55.6 Å². The van der Waals surface area contributed by atoms with Crippen molar-refractivity contribution in [1.29, 1.82) is 0 Å². The molecule has 2 aromatic carbocycles. The van der Waals surface area contributed by atoms with Crippen LogP contribution in [0.25, 0.3) is 22.5 Å². The molecule has 2 atom stereocenters. The van der Waals surface area contributed by atoms with Gasteiger partial charge in [-0.2, -0.15) is 5.10 Å². The number of nitrogens with one attached hydrogen (secondary N) is 1. The van der Waals surface area contributed by atoms with Crippen molar-refractivity contribution in [3.05, 3.63) is 60.7 Å². The molecule has 39 heavy (non-hydrogen) atoms. The monoisotopic (exact) mass is 554 g/mol. The fourth-order valence-electron chi connectivity index (χ4n) is 4.87. The molecule has 0 saturated carbocycles. The average Bonchev–Trinajstić information content (AvgIpc) is 3.36. The number of hydrogen-bond acceptors (Lipinski definition) is 6. The SMILES string of the molecule is CC[C@@H](C)[C@H](NC(=O)Cn1nc(-c2cccc(OCCN3CCCCC3)c2)cc1-c1ccccc1)B(O)O.Cl. The van der Waals surface area contributed by atoms with E-state index in [0.717, 1.165) is 47.9 Å². The highest BCUT2D eigenvalue weighted by atomic mass is 35.5. The lowest BCUT2D eigenvalue weighted by Gasteiger charge is -2.26. The van der Waals surface area contributed by atoms with Crippen LogP contribution >= 0.6 is 12.4 Å². The molecule has 1 fully saturated rings. The number of likely N-dealkylation sites (tertiary alicyclic amines) is 1. The Kier molecular flexibility index (Phi) is 11.9. The third kappa shape index (κ3) is 8.57. The summed E-state index contributed by atoms with van der Waals surface area (Å²) in [7, 11) is -1.63. The van der Waals surface area contributed by atoms with E-state index in [1.807, 2.05) is 74.5 Å². The Morgan fingerprint density at radius 2 is 1.77 bits per heavy atom. The van der Waals surface area contributed by atoms with Crippen LogP contribution in [0, 0.1) is 5.92 Å². The summed E-state index contributed by atoms with van der Waals surface area (Å²) in [5.74, 6) is -0.369. The number of ether oxygens (including phenoxy) is 1. The number of aromatic nitrogens is 2. The molecule has 1 aromatic heterocycles. The van der Waals surface area contributed by atoms with Gasteiger partial charge in [0.2, 0.25) is 5.91 Å². The largest absolute Gasteiger partial charge is 0.492 e. The molecule has 0 aliphatic carbocycles. The van der Waals surface area contributed by atoms with E-state index in [4.69, 9.17) is 9.84 Å². The number of amides is 1. The van der Waals surface area contributed by atoms with Gasteiger partial charge in [0.25, 0.3) is 0 Å². The zero-order valence-electron chi connectivity index (χ0n) is 22.8. The average molecular weight is 555 g/mol. The maximum Gasteiger partial charge on any atom is 0.475 e. The van der Waals surface area contributed by atoms with E-state index in [1.54, 1.807) is 4.68 Å². The summed E-state index contributed by atoms with van der Waals surface area (Å²) in [6.45, 7) is 7.64. The first-order valence-electron chi connectivity index (χ1n) is 13.7. The van der Waals surface area contributed by atoms with Crippen LogP contribution in [0.3, 0.4) is 0 Å². The first-order valence-corrected chi connectivity index (χ1v) is 13.7. The van der Waals surface area contributed by atoms with Crippen molar-refractivity contribution in [2.45, 2.75) is 52.0 Å². The highest BCUT2D eigenvalue weighted by molar-refractivity contribution is 6.43. The van der Waals surface area contributed by atoms with Gasteiger partial charge in [0.1, 0.15) is 18.9 Å². The molecule has 2 heterocycles. The first-order chi connectivity index (χ1) is 18.4. The Balaban J connectivity index is 0.00000420.